The Hall–Kier alpha value is -4.51. The molecule has 0 saturated heterocycles. The predicted octanol–water partition coefficient (Wildman–Crippen LogP) is 6.85. The minimum Gasteiger partial charge on any atom is -0.356 e. The fourth-order valence-corrected chi connectivity index (χ4v) is 5.35. The van der Waals surface area contributed by atoms with Crippen LogP contribution in [0.4, 0.5) is 23.2 Å². The number of rotatable bonds is 6. The third-order valence-corrected chi connectivity index (χ3v) is 7.43. The highest BCUT2D eigenvalue weighted by Gasteiger charge is 2.43. The molecular weight excluding hydrogens is 550 g/mol. The Morgan fingerprint density at radius 3 is 2.60 bits per heavy atom. The lowest BCUT2D eigenvalue weighted by molar-refractivity contribution is -0.141. The molecule has 42 heavy (non-hydrogen) atoms. The Balaban J connectivity index is 1.40. The van der Waals surface area contributed by atoms with Crippen LogP contribution in [0.2, 0.25) is 0 Å². The number of anilines is 1. The van der Waals surface area contributed by atoms with Crippen molar-refractivity contribution < 1.29 is 26.9 Å². The minimum absolute atomic E-state index is 0.0150. The topological polar surface area (TPSA) is 76.2 Å². The predicted molar refractivity (Wildman–Crippen MR) is 150 cm³/mol. The summed E-state index contributed by atoms with van der Waals surface area (Å²) in [6, 6.07) is 17.1. The zero-order valence-electron chi connectivity index (χ0n) is 23.1. The molecule has 0 spiro atoms. The maximum Gasteiger partial charge on any atom is 0.435 e. The normalized spacial score (nSPS) is 13.8. The first-order chi connectivity index (χ1) is 20.0. The zero-order valence-corrected chi connectivity index (χ0v) is 23.1. The molecule has 1 aliphatic rings. The van der Waals surface area contributed by atoms with Gasteiger partial charge in [0.1, 0.15) is 11.5 Å². The Bertz CT molecular complexity index is 1820. The van der Waals surface area contributed by atoms with Gasteiger partial charge in [-0.05, 0) is 60.4 Å². The van der Waals surface area contributed by atoms with Crippen LogP contribution in [0.3, 0.4) is 0 Å². The van der Waals surface area contributed by atoms with Crippen LogP contribution in [0, 0.1) is 12.7 Å². The maximum absolute atomic E-state index is 15.7. The van der Waals surface area contributed by atoms with Gasteiger partial charge in [0, 0.05) is 30.1 Å². The molecule has 0 bridgehead atoms. The highest BCUT2D eigenvalue weighted by molar-refractivity contribution is 6.08. The van der Waals surface area contributed by atoms with Crippen LogP contribution in [0.1, 0.15) is 46.9 Å². The standard InChI is InChI=1S/C31H27F4N5O2/c1-17(2)36-16-20-6-4-5-7-22(20)19-8-10-26(25(32)14-19)39-13-12-23-28(30(39)41)40(37-29(23)31(33,34)35)21-9-11-27-24(15-21)18(3)38-42-27/h4-11,14-15,17,36H,12-13,16H2,1-3H3. The Morgan fingerprint density at radius 2 is 1.86 bits per heavy atom. The smallest absolute Gasteiger partial charge is 0.356 e. The largest absolute Gasteiger partial charge is 0.435 e. The van der Waals surface area contributed by atoms with Crippen molar-refractivity contribution in [2.24, 2.45) is 0 Å². The van der Waals surface area contributed by atoms with Gasteiger partial charge in [-0.25, -0.2) is 9.07 Å². The molecule has 2 aromatic heterocycles. The number of fused-ring (bicyclic) bond motifs is 2. The molecular formula is C31H27F4N5O2. The number of halogens is 4. The van der Waals surface area contributed by atoms with E-state index in [4.69, 9.17) is 4.52 Å². The van der Waals surface area contributed by atoms with Crippen LogP contribution in [-0.2, 0) is 19.1 Å². The fourth-order valence-electron chi connectivity index (χ4n) is 5.35. The minimum atomic E-state index is -4.78. The summed E-state index contributed by atoms with van der Waals surface area (Å²) in [7, 11) is 0. The summed E-state index contributed by atoms with van der Waals surface area (Å²) in [5, 5.41) is 11.7. The van der Waals surface area contributed by atoms with Gasteiger partial charge in [0.25, 0.3) is 5.91 Å². The van der Waals surface area contributed by atoms with E-state index in [9.17, 15) is 18.0 Å². The second kappa shape index (κ2) is 10.4. The van der Waals surface area contributed by atoms with Crippen LogP contribution in [0.15, 0.2) is 65.2 Å². The monoisotopic (exact) mass is 577 g/mol. The number of hydrogen-bond donors (Lipinski definition) is 1. The number of carbonyl (C=O) groups is 1. The van der Waals surface area contributed by atoms with E-state index >= 15 is 4.39 Å². The van der Waals surface area contributed by atoms with Crippen molar-refractivity contribution in [1.82, 2.24) is 20.3 Å². The van der Waals surface area contributed by atoms with Crippen LogP contribution in [0.25, 0.3) is 27.8 Å². The van der Waals surface area contributed by atoms with Gasteiger partial charge in [-0.15, -0.1) is 0 Å². The van der Waals surface area contributed by atoms with Crippen LogP contribution < -0.4 is 10.2 Å². The lowest BCUT2D eigenvalue weighted by atomic mass is 9.98. The number of alkyl halides is 3. The third kappa shape index (κ3) is 4.83. The van der Waals surface area contributed by atoms with E-state index in [2.05, 4.69) is 15.6 Å². The van der Waals surface area contributed by atoms with Gasteiger partial charge in [0.15, 0.2) is 11.3 Å². The van der Waals surface area contributed by atoms with Gasteiger partial charge in [-0.1, -0.05) is 49.3 Å². The van der Waals surface area contributed by atoms with E-state index in [1.165, 1.54) is 23.1 Å². The van der Waals surface area contributed by atoms with Crippen LogP contribution in [0.5, 0.6) is 0 Å². The number of hydrogen-bond acceptors (Lipinski definition) is 5. The van der Waals surface area contributed by atoms with E-state index in [1.54, 1.807) is 25.1 Å². The first kappa shape index (κ1) is 27.6. The Labute approximate surface area is 238 Å². The van der Waals surface area contributed by atoms with E-state index in [0.717, 1.165) is 15.8 Å². The van der Waals surface area contributed by atoms with Gasteiger partial charge in [0.05, 0.1) is 17.1 Å². The summed E-state index contributed by atoms with van der Waals surface area (Å²) >= 11 is 0. The summed E-state index contributed by atoms with van der Waals surface area (Å²) in [6.45, 7) is 6.24. The van der Waals surface area contributed by atoms with Crippen molar-refractivity contribution in [2.45, 2.75) is 46.0 Å². The quantitative estimate of drug-likeness (QED) is 0.224. The molecule has 3 aromatic carbocycles. The van der Waals surface area contributed by atoms with Gasteiger partial charge < -0.3 is 14.7 Å². The van der Waals surface area contributed by atoms with Crippen molar-refractivity contribution in [3.63, 3.8) is 0 Å². The van der Waals surface area contributed by atoms with Crippen molar-refractivity contribution in [3.05, 3.63) is 94.7 Å². The van der Waals surface area contributed by atoms with Gasteiger partial charge in [-0.3, -0.25) is 4.79 Å². The fraction of sp³-hybridized carbons (Fsp3) is 0.258. The second-order valence-electron chi connectivity index (χ2n) is 10.6. The van der Waals surface area contributed by atoms with Gasteiger partial charge >= 0.3 is 6.18 Å². The average Bonchev–Trinajstić information content (AvgIpc) is 3.54. The molecule has 7 nitrogen and oxygen atoms in total. The maximum atomic E-state index is 15.7. The van der Waals surface area contributed by atoms with Crippen LogP contribution in [-0.4, -0.2) is 33.4 Å². The first-order valence-electron chi connectivity index (χ1n) is 13.5. The molecule has 11 heteroatoms. The van der Waals surface area contributed by atoms with Crippen molar-refractivity contribution in [3.8, 4) is 16.8 Å². The second-order valence-corrected chi connectivity index (χ2v) is 10.6. The molecule has 0 fully saturated rings. The molecule has 0 aliphatic carbocycles. The molecule has 1 aliphatic heterocycles. The number of amides is 1. The van der Waals surface area contributed by atoms with E-state index in [-0.39, 0.29) is 41.6 Å². The number of nitrogens with zero attached hydrogens (tertiary/aromatic N) is 4. The summed E-state index contributed by atoms with van der Waals surface area (Å²) in [6.07, 6.45) is -4.92. The molecule has 0 atom stereocenters. The highest BCUT2D eigenvalue weighted by Crippen LogP contribution is 2.38. The van der Waals surface area contributed by atoms with Crippen LogP contribution >= 0.6 is 0 Å². The first-order valence-corrected chi connectivity index (χ1v) is 13.5. The number of aryl methyl sites for hydroxylation is 1. The SMILES string of the molecule is Cc1noc2ccc(-n3nc(C(F)(F)F)c4c3C(=O)N(c3ccc(-c5ccccc5CNC(C)C)cc3F)CC4)cc12. The summed E-state index contributed by atoms with van der Waals surface area (Å²) in [4.78, 5) is 15.0. The molecule has 0 radical (unpaired) electrons. The molecule has 0 unspecified atom stereocenters. The van der Waals surface area contributed by atoms with Crippen molar-refractivity contribution in [2.75, 3.05) is 11.4 Å². The molecule has 1 N–H and O–H groups in total. The van der Waals surface area contributed by atoms with E-state index in [0.29, 0.717) is 28.8 Å². The highest BCUT2D eigenvalue weighted by atomic mass is 19.4. The Kier molecular flexibility index (Phi) is 6.84. The average molecular weight is 578 g/mol. The van der Waals surface area contributed by atoms with Crippen molar-refractivity contribution in [1.29, 1.82) is 0 Å². The summed E-state index contributed by atoms with van der Waals surface area (Å²) in [5.74, 6) is -1.42. The zero-order chi connectivity index (χ0) is 29.8. The molecule has 216 valence electrons. The lowest BCUT2D eigenvalue weighted by Gasteiger charge is -2.28. The molecule has 5 aromatic rings. The Morgan fingerprint density at radius 1 is 1.07 bits per heavy atom. The van der Waals surface area contributed by atoms with E-state index in [1.807, 2.05) is 38.1 Å². The number of carbonyl (C=O) groups excluding carboxylic acids is 1. The third-order valence-electron chi connectivity index (χ3n) is 7.43. The molecule has 3 heterocycles. The van der Waals surface area contributed by atoms with E-state index < -0.39 is 23.6 Å². The molecule has 0 saturated carbocycles. The molecule has 1 amide bonds. The summed E-state index contributed by atoms with van der Waals surface area (Å²) < 4.78 is 64.0. The number of benzene rings is 3. The number of nitrogens with one attached hydrogen (secondary N) is 1. The van der Waals surface area contributed by atoms with Gasteiger partial charge in [0.2, 0.25) is 0 Å². The molecule has 6 rings (SSSR count). The lowest BCUT2D eigenvalue weighted by Crippen LogP contribution is -2.39. The van der Waals surface area contributed by atoms with Gasteiger partial charge in [-0.2, -0.15) is 18.3 Å². The summed E-state index contributed by atoms with van der Waals surface area (Å²) in [5.41, 5.74) is 2.07. The number of aromatic nitrogens is 3. The van der Waals surface area contributed by atoms with Crippen molar-refractivity contribution >= 4 is 22.6 Å².